The highest BCUT2D eigenvalue weighted by Crippen LogP contribution is 2.22. The van der Waals surface area contributed by atoms with E-state index < -0.39 is 0 Å². The van der Waals surface area contributed by atoms with Crippen LogP contribution in [0.5, 0.6) is 0 Å². The van der Waals surface area contributed by atoms with Crippen LogP contribution in [0, 0.1) is 5.92 Å². The van der Waals surface area contributed by atoms with Gasteiger partial charge in [-0.2, -0.15) is 0 Å². The maximum absolute atomic E-state index is 11.8. The standard InChI is InChI=1S/C12H15Cl2NO/c1-8(4-5-15)12(16)6-9-2-3-10(13)7-11(9)14/h2-3,7-8H,4-6,15H2,1H3. The molecule has 1 aromatic carbocycles. The molecular formula is C12H15Cl2NO. The molecule has 16 heavy (non-hydrogen) atoms. The van der Waals surface area contributed by atoms with Crippen molar-refractivity contribution in [1.82, 2.24) is 0 Å². The van der Waals surface area contributed by atoms with Crippen LogP contribution in [0.1, 0.15) is 18.9 Å². The van der Waals surface area contributed by atoms with Crippen molar-refractivity contribution in [2.75, 3.05) is 6.54 Å². The van der Waals surface area contributed by atoms with E-state index in [9.17, 15) is 4.79 Å². The molecule has 0 aliphatic rings. The maximum atomic E-state index is 11.8. The van der Waals surface area contributed by atoms with Gasteiger partial charge < -0.3 is 5.73 Å². The summed E-state index contributed by atoms with van der Waals surface area (Å²) in [4.78, 5) is 11.8. The van der Waals surface area contributed by atoms with Crippen molar-refractivity contribution >= 4 is 29.0 Å². The van der Waals surface area contributed by atoms with Gasteiger partial charge in [0.15, 0.2) is 0 Å². The third-order valence-electron chi connectivity index (χ3n) is 2.53. The van der Waals surface area contributed by atoms with Crippen LogP contribution in [0.2, 0.25) is 10.0 Å². The first-order valence-corrected chi connectivity index (χ1v) is 5.97. The number of nitrogens with two attached hydrogens (primary N) is 1. The highest BCUT2D eigenvalue weighted by Gasteiger charge is 2.14. The zero-order valence-corrected chi connectivity index (χ0v) is 10.7. The van der Waals surface area contributed by atoms with Gasteiger partial charge >= 0.3 is 0 Å². The number of hydrogen-bond donors (Lipinski definition) is 1. The van der Waals surface area contributed by atoms with E-state index in [4.69, 9.17) is 28.9 Å². The van der Waals surface area contributed by atoms with Gasteiger partial charge in [-0.05, 0) is 30.7 Å². The summed E-state index contributed by atoms with van der Waals surface area (Å²) in [5.41, 5.74) is 6.23. The van der Waals surface area contributed by atoms with E-state index in [0.29, 0.717) is 29.4 Å². The first-order chi connectivity index (χ1) is 7.54. The minimum Gasteiger partial charge on any atom is -0.330 e. The third kappa shape index (κ3) is 3.78. The van der Waals surface area contributed by atoms with Crippen molar-refractivity contribution in [1.29, 1.82) is 0 Å². The fourth-order valence-electron chi connectivity index (χ4n) is 1.44. The first kappa shape index (κ1) is 13.5. The summed E-state index contributed by atoms with van der Waals surface area (Å²) >= 11 is 11.8. The summed E-state index contributed by atoms with van der Waals surface area (Å²) in [5.74, 6) is 0.145. The summed E-state index contributed by atoms with van der Waals surface area (Å²) in [6.45, 7) is 2.42. The zero-order valence-electron chi connectivity index (χ0n) is 9.17. The molecule has 1 unspecified atom stereocenters. The second-order valence-corrected chi connectivity index (χ2v) is 4.70. The number of hydrogen-bond acceptors (Lipinski definition) is 2. The molecule has 0 saturated carbocycles. The number of carbonyl (C=O) groups is 1. The molecule has 0 heterocycles. The Balaban J connectivity index is 2.69. The van der Waals surface area contributed by atoms with Crippen molar-refractivity contribution in [3.63, 3.8) is 0 Å². The largest absolute Gasteiger partial charge is 0.330 e. The Morgan fingerprint density at radius 1 is 1.44 bits per heavy atom. The molecular weight excluding hydrogens is 245 g/mol. The number of Topliss-reactive ketones (excluding diaryl/α,β-unsaturated/α-hetero) is 1. The van der Waals surface area contributed by atoms with Crippen LogP contribution in [0.15, 0.2) is 18.2 Å². The Morgan fingerprint density at radius 2 is 2.12 bits per heavy atom. The third-order valence-corrected chi connectivity index (χ3v) is 3.12. The van der Waals surface area contributed by atoms with E-state index >= 15 is 0 Å². The van der Waals surface area contributed by atoms with Gasteiger partial charge in [0.2, 0.25) is 0 Å². The van der Waals surface area contributed by atoms with Crippen LogP contribution < -0.4 is 5.73 Å². The van der Waals surface area contributed by atoms with Crippen LogP contribution in [0.25, 0.3) is 0 Å². The number of carbonyl (C=O) groups excluding carboxylic acids is 1. The molecule has 0 spiro atoms. The highest BCUT2D eigenvalue weighted by molar-refractivity contribution is 6.35. The lowest BCUT2D eigenvalue weighted by molar-refractivity contribution is -0.121. The number of rotatable bonds is 5. The predicted molar refractivity (Wildman–Crippen MR) is 68.0 cm³/mol. The van der Waals surface area contributed by atoms with Gasteiger partial charge in [0.05, 0.1) is 0 Å². The minimum absolute atomic E-state index is 0.0169. The second-order valence-electron chi connectivity index (χ2n) is 3.86. The minimum atomic E-state index is -0.0169. The van der Waals surface area contributed by atoms with E-state index in [0.717, 1.165) is 5.56 Å². The molecule has 0 radical (unpaired) electrons. The SMILES string of the molecule is CC(CCN)C(=O)Cc1ccc(Cl)cc1Cl. The van der Waals surface area contributed by atoms with Gasteiger partial charge in [0, 0.05) is 22.4 Å². The van der Waals surface area contributed by atoms with Crippen LogP contribution in [-0.4, -0.2) is 12.3 Å². The molecule has 0 aliphatic carbocycles. The smallest absolute Gasteiger partial charge is 0.140 e. The van der Waals surface area contributed by atoms with Gasteiger partial charge in [-0.15, -0.1) is 0 Å². The van der Waals surface area contributed by atoms with Gasteiger partial charge in [-0.3, -0.25) is 4.79 Å². The Hall–Kier alpha value is -0.570. The summed E-state index contributed by atoms with van der Waals surface area (Å²) < 4.78 is 0. The molecule has 4 heteroatoms. The molecule has 0 aromatic heterocycles. The Bertz CT molecular complexity index is 379. The highest BCUT2D eigenvalue weighted by atomic mass is 35.5. The molecule has 0 fully saturated rings. The molecule has 0 saturated heterocycles. The van der Waals surface area contributed by atoms with Gasteiger partial charge in [0.25, 0.3) is 0 Å². The second kappa shape index (κ2) is 6.24. The zero-order chi connectivity index (χ0) is 12.1. The molecule has 0 amide bonds. The summed E-state index contributed by atoms with van der Waals surface area (Å²) in [6, 6.07) is 5.18. The van der Waals surface area contributed by atoms with E-state index in [1.54, 1.807) is 18.2 Å². The fourth-order valence-corrected chi connectivity index (χ4v) is 1.91. The molecule has 1 rings (SSSR count). The van der Waals surface area contributed by atoms with E-state index in [1.807, 2.05) is 6.92 Å². The molecule has 1 atom stereocenters. The summed E-state index contributed by atoms with van der Waals surface area (Å²) in [7, 11) is 0. The van der Waals surface area contributed by atoms with E-state index in [2.05, 4.69) is 0 Å². The summed E-state index contributed by atoms with van der Waals surface area (Å²) in [6.07, 6.45) is 1.06. The van der Waals surface area contributed by atoms with Gasteiger partial charge in [-0.1, -0.05) is 36.2 Å². The van der Waals surface area contributed by atoms with Crippen LogP contribution in [0.3, 0.4) is 0 Å². The van der Waals surface area contributed by atoms with E-state index in [-0.39, 0.29) is 11.7 Å². The molecule has 2 nitrogen and oxygen atoms in total. The molecule has 0 aliphatic heterocycles. The summed E-state index contributed by atoms with van der Waals surface area (Å²) in [5, 5.41) is 1.12. The Labute approximate surface area is 106 Å². The predicted octanol–water partition coefficient (Wildman–Crippen LogP) is 3.09. The average molecular weight is 260 g/mol. The molecule has 88 valence electrons. The van der Waals surface area contributed by atoms with Gasteiger partial charge in [0.1, 0.15) is 5.78 Å². The van der Waals surface area contributed by atoms with Crippen molar-refractivity contribution < 1.29 is 4.79 Å². The Kier molecular flexibility index (Phi) is 5.26. The lowest BCUT2D eigenvalue weighted by Crippen LogP contribution is -2.17. The topological polar surface area (TPSA) is 43.1 Å². The normalized spacial score (nSPS) is 12.5. The van der Waals surface area contributed by atoms with Crippen molar-refractivity contribution in [2.45, 2.75) is 19.8 Å². The Morgan fingerprint density at radius 3 is 2.69 bits per heavy atom. The van der Waals surface area contributed by atoms with Crippen LogP contribution in [0.4, 0.5) is 0 Å². The number of halogens is 2. The van der Waals surface area contributed by atoms with Crippen molar-refractivity contribution in [2.24, 2.45) is 11.7 Å². The van der Waals surface area contributed by atoms with Gasteiger partial charge in [-0.25, -0.2) is 0 Å². The molecule has 0 bridgehead atoms. The lowest BCUT2D eigenvalue weighted by Gasteiger charge is -2.09. The molecule has 2 N–H and O–H groups in total. The lowest BCUT2D eigenvalue weighted by atomic mass is 9.97. The monoisotopic (exact) mass is 259 g/mol. The van der Waals surface area contributed by atoms with Crippen LogP contribution >= 0.6 is 23.2 Å². The van der Waals surface area contributed by atoms with Crippen LogP contribution in [-0.2, 0) is 11.2 Å². The maximum Gasteiger partial charge on any atom is 0.140 e. The van der Waals surface area contributed by atoms with Crippen molar-refractivity contribution in [3.05, 3.63) is 33.8 Å². The average Bonchev–Trinajstić information content (AvgIpc) is 2.22. The number of benzene rings is 1. The van der Waals surface area contributed by atoms with Crippen molar-refractivity contribution in [3.8, 4) is 0 Å². The molecule has 1 aromatic rings. The quantitative estimate of drug-likeness (QED) is 0.884. The first-order valence-electron chi connectivity index (χ1n) is 5.21. The van der Waals surface area contributed by atoms with E-state index in [1.165, 1.54) is 0 Å². The fraction of sp³-hybridized carbons (Fsp3) is 0.417. The number of ketones is 1.